The lowest BCUT2D eigenvalue weighted by molar-refractivity contribution is -0.143. The van der Waals surface area contributed by atoms with Crippen molar-refractivity contribution >= 4 is 45.4 Å². The summed E-state index contributed by atoms with van der Waals surface area (Å²) in [6.07, 6.45) is 2.04. The van der Waals surface area contributed by atoms with Crippen LogP contribution in [0.15, 0.2) is 60.3 Å². The zero-order valence-corrected chi connectivity index (χ0v) is 32.2. The number of carbonyl (C=O) groups is 4. The first-order valence-corrected chi connectivity index (χ1v) is 18.8. The first-order chi connectivity index (χ1) is 24.6. The van der Waals surface area contributed by atoms with Crippen molar-refractivity contribution < 1.29 is 32.3 Å². The van der Waals surface area contributed by atoms with Gasteiger partial charge < -0.3 is 20.3 Å². The van der Waals surface area contributed by atoms with Crippen molar-refractivity contribution in [2.75, 3.05) is 6.54 Å². The van der Waals surface area contributed by atoms with E-state index in [9.17, 15) is 27.6 Å². The third-order valence-corrected chi connectivity index (χ3v) is 10.4. The van der Waals surface area contributed by atoms with Crippen LogP contribution in [-0.4, -0.2) is 92.1 Å². The molecule has 0 unspecified atom stereocenters. The van der Waals surface area contributed by atoms with E-state index >= 15 is 0 Å². The van der Waals surface area contributed by atoms with Gasteiger partial charge >= 0.3 is 6.09 Å². The van der Waals surface area contributed by atoms with Crippen LogP contribution in [0, 0.1) is 18.3 Å². The van der Waals surface area contributed by atoms with Crippen LogP contribution in [0.2, 0.25) is 5.02 Å². The number of amides is 4. The topological polar surface area (TPSA) is 207 Å². The molecule has 1 aliphatic carbocycles. The average molecular weight is 770 g/mol. The number of halogens is 1. The van der Waals surface area contributed by atoms with E-state index in [-0.39, 0.29) is 30.2 Å². The number of rotatable bonds is 10. The van der Waals surface area contributed by atoms with Crippen molar-refractivity contribution in [2.45, 2.75) is 95.6 Å². The lowest BCUT2D eigenvalue weighted by Gasteiger charge is -2.36. The third kappa shape index (κ3) is 8.84. The van der Waals surface area contributed by atoms with E-state index in [1.807, 2.05) is 4.72 Å². The molecule has 284 valence electrons. The Morgan fingerprint density at radius 3 is 2.42 bits per heavy atom. The number of pyridine rings is 1. The standard InChI is InChI=1S/C35H44ClN9O7S/c1-9-22-17-35(22,31(48)42-53(50,51)26-14-13-20(2)18-37-26)39-29(46)25-16-24(45-41-28(40-43-45)21-11-10-12-23(36)15-21)19-44(25)30(47)27(33(3,4)5)38-32(49)52-34(6,7)8/h9-15,18,22,24-25,27H,1,16-17,19H2,2-8H3,(H,38,49)(H,39,46)(H,42,48)/t22-,24-,25+,27-,35-/m1/s1. The van der Waals surface area contributed by atoms with Crippen LogP contribution in [0.1, 0.15) is 66.0 Å². The van der Waals surface area contributed by atoms with Gasteiger partial charge in [0.15, 0.2) is 5.03 Å². The second-order valence-corrected chi connectivity index (χ2v) is 17.5. The predicted molar refractivity (Wildman–Crippen MR) is 194 cm³/mol. The molecule has 0 bridgehead atoms. The minimum atomic E-state index is -4.40. The van der Waals surface area contributed by atoms with E-state index in [2.05, 4.69) is 37.6 Å². The molecule has 4 amide bonds. The summed E-state index contributed by atoms with van der Waals surface area (Å²) in [6, 6.07) is 6.66. The number of aromatic nitrogens is 5. The molecule has 18 heteroatoms. The summed E-state index contributed by atoms with van der Waals surface area (Å²) in [5, 5.41) is 18.4. The fourth-order valence-electron chi connectivity index (χ4n) is 6.05. The van der Waals surface area contributed by atoms with Gasteiger partial charge in [0, 0.05) is 35.7 Å². The molecule has 1 saturated heterocycles. The number of carbonyl (C=O) groups excluding carboxylic acids is 4. The molecule has 5 rings (SSSR count). The second-order valence-electron chi connectivity index (χ2n) is 15.4. The molecular formula is C35H44ClN9O7S. The van der Waals surface area contributed by atoms with Gasteiger partial charge in [-0.15, -0.1) is 16.8 Å². The Hall–Kier alpha value is -4.90. The van der Waals surface area contributed by atoms with Crippen LogP contribution in [0.5, 0.6) is 0 Å². The Morgan fingerprint density at radius 2 is 1.83 bits per heavy atom. The Bertz CT molecular complexity index is 2030. The molecule has 5 atom stereocenters. The van der Waals surface area contributed by atoms with Crippen LogP contribution < -0.4 is 15.4 Å². The number of sulfonamides is 1. The lowest BCUT2D eigenvalue weighted by Crippen LogP contribution is -2.60. The number of benzene rings is 1. The van der Waals surface area contributed by atoms with Gasteiger partial charge in [-0.05, 0) is 68.5 Å². The summed E-state index contributed by atoms with van der Waals surface area (Å²) in [7, 11) is -4.40. The molecule has 0 radical (unpaired) electrons. The fraction of sp³-hybridized carbons (Fsp3) is 0.486. The van der Waals surface area contributed by atoms with Crippen molar-refractivity contribution in [1.82, 2.24) is 45.4 Å². The maximum absolute atomic E-state index is 14.5. The maximum Gasteiger partial charge on any atom is 0.408 e. The number of nitrogens with zero attached hydrogens (tertiary/aromatic N) is 6. The van der Waals surface area contributed by atoms with E-state index in [1.165, 1.54) is 28.0 Å². The van der Waals surface area contributed by atoms with Gasteiger partial charge in [-0.3, -0.25) is 14.4 Å². The Labute approximate surface area is 313 Å². The van der Waals surface area contributed by atoms with Crippen LogP contribution in [0.4, 0.5) is 4.79 Å². The van der Waals surface area contributed by atoms with Gasteiger partial charge in [-0.25, -0.2) is 14.5 Å². The number of hydrogen-bond donors (Lipinski definition) is 3. The van der Waals surface area contributed by atoms with E-state index < -0.39 is 74.4 Å². The molecule has 3 heterocycles. The predicted octanol–water partition coefficient (Wildman–Crippen LogP) is 3.34. The second kappa shape index (κ2) is 14.5. The average Bonchev–Trinajstić information content (AvgIpc) is 3.35. The van der Waals surface area contributed by atoms with Crippen LogP contribution in [-0.2, 0) is 29.1 Å². The molecule has 53 heavy (non-hydrogen) atoms. The summed E-state index contributed by atoms with van der Waals surface area (Å²) in [5.41, 5.74) is -2.04. The van der Waals surface area contributed by atoms with Gasteiger partial charge in [0.1, 0.15) is 23.2 Å². The highest BCUT2D eigenvalue weighted by atomic mass is 35.5. The largest absolute Gasteiger partial charge is 0.444 e. The number of hydrogen-bond acceptors (Lipinski definition) is 11. The SMILES string of the molecule is C=C[C@@H]1C[C@]1(NC(=O)[C@@H]1C[C@@H](n2nnc(-c3cccc(Cl)c3)n2)CN1C(=O)[C@@H](NC(=O)OC(C)(C)C)C(C)(C)C)C(=O)NS(=O)(=O)c1ccc(C)cn1. The van der Waals surface area contributed by atoms with Gasteiger partial charge in [0.05, 0.1) is 6.04 Å². The maximum atomic E-state index is 14.5. The first kappa shape index (κ1) is 39.3. The molecule has 16 nitrogen and oxygen atoms in total. The number of likely N-dealkylation sites (tertiary alicyclic amines) is 1. The summed E-state index contributed by atoms with van der Waals surface area (Å²) < 4.78 is 33.7. The van der Waals surface area contributed by atoms with Crippen molar-refractivity contribution in [1.29, 1.82) is 0 Å². The van der Waals surface area contributed by atoms with Crippen LogP contribution in [0.25, 0.3) is 11.4 Å². The summed E-state index contributed by atoms with van der Waals surface area (Å²) in [6.45, 7) is 15.8. The summed E-state index contributed by atoms with van der Waals surface area (Å²) in [4.78, 5) is 61.9. The van der Waals surface area contributed by atoms with Crippen LogP contribution in [0.3, 0.4) is 0 Å². The van der Waals surface area contributed by atoms with E-state index in [0.717, 1.165) is 5.56 Å². The van der Waals surface area contributed by atoms with E-state index in [0.29, 0.717) is 10.6 Å². The summed E-state index contributed by atoms with van der Waals surface area (Å²) >= 11 is 6.17. The minimum Gasteiger partial charge on any atom is -0.444 e. The molecule has 2 fully saturated rings. The van der Waals surface area contributed by atoms with Crippen molar-refractivity contribution in [3.8, 4) is 11.4 Å². The van der Waals surface area contributed by atoms with Crippen molar-refractivity contribution in [3.05, 3.63) is 65.8 Å². The Kier molecular flexibility index (Phi) is 10.8. The van der Waals surface area contributed by atoms with E-state index in [4.69, 9.17) is 16.3 Å². The third-order valence-electron chi connectivity index (χ3n) is 8.91. The van der Waals surface area contributed by atoms with Gasteiger partial charge in [-0.2, -0.15) is 13.2 Å². The molecule has 1 saturated carbocycles. The van der Waals surface area contributed by atoms with Gasteiger partial charge in [-0.1, -0.05) is 56.6 Å². The minimum absolute atomic E-state index is 0.00569. The Balaban J connectivity index is 1.45. The molecule has 2 aliphatic rings. The quantitative estimate of drug-likeness (QED) is 0.255. The number of nitrogens with one attached hydrogen (secondary N) is 3. The molecule has 1 aliphatic heterocycles. The Morgan fingerprint density at radius 1 is 1.11 bits per heavy atom. The number of ether oxygens (including phenoxy) is 1. The zero-order chi connectivity index (χ0) is 39.1. The number of alkyl carbamates (subject to hydrolysis) is 1. The molecule has 3 aromatic rings. The van der Waals surface area contributed by atoms with Crippen molar-refractivity contribution in [3.63, 3.8) is 0 Å². The normalized spacial score (nSPS) is 22.0. The molecule has 1 aromatic carbocycles. The van der Waals surface area contributed by atoms with Gasteiger partial charge in [0.2, 0.25) is 17.6 Å². The fourth-order valence-corrected chi connectivity index (χ4v) is 7.21. The highest BCUT2D eigenvalue weighted by Gasteiger charge is 2.61. The highest BCUT2D eigenvalue weighted by molar-refractivity contribution is 7.90. The van der Waals surface area contributed by atoms with Crippen molar-refractivity contribution in [2.24, 2.45) is 11.3 Å². The zero-order valence-electron chi connectivity index (χ0n) is 30.6. The smallest absolute Gasteiger partial charge is 0.408 e. The first-order valence-electron chi connectivity index (χ1n) is 16.9. The van der Waals surface area contributed by atoms with E-state index in [1.54, 1.807) is 78.8 Å². The molecule has 3 N–H and O–H groups in total. The molecular weight excluding hydrogens is 726 g/mol. The van der Waals surface area contributed by atoms with Gasteiger partial charge in [0.25, 0.3) is 15.9 Å². The molecule has 2 aromatic heterocycles. The van der Waals surface area contributed by atoms with Crippen LogP contribution >= 0.6 is 11.6 Å². The summed E-state index contributed by atoms with van der Waals surface area (Å²) in [5.74, 6) is -2.64. The number of aryl methyl sites for hydroxylation is 1. The number of tetrazole rings is 1. The molecule has 0 spiro atoms. The highest BCUT2D eigenvalue weighted by Crippen LogP contribution is 2.45. The lowest BCUT2D eigenvalue weighted by atomic mass is 9.85. The monoisotopic (exact) mass is 769 g/mol.